The van der Waals surface area contributed by atoms with Gasteiger partial charge in [0.2, 0.25) is 20.0 Å². The average Bonchev–Trinajstić information content (AvgIpc) is 3.24. The molecule has 0 spiro atoms. The van der Waals surface area contributed by atoms with Crippen LogP contribution >= 0.6 is 0 Å². The number of aryl methyl sites for hydroxylation is 4. The number of unbranched alkanes of at least 4 members (excludes halogenated alkanes) is 2. The number of fused-ring (bicyclic) bond motifs is 2. The second-order valence-corrected chi connectivity index (χ2v) is 20.4. The molecule has 0 saturated carbocycles. The Hall–Kier alpha value is -4.81. The van der Waals surface area contributed by atoms with Gasteiger partial charge in [-0.15, -0.1) is 0 Å². The Morgan fingerprint density at radius 3 is 1.89 bits per heavy atom. The summed E-state index contributed by atoms with van der Waals surface area (Å²) >= 11 is 0. The number of hydrogen-bond acceptors (Lipinski definition) is 7. The van der Waals surface area contributed by atoms with E-state index in [1.54, 1.807) is 6.07 Å². The molecule has 1 heterocycles. The molecule has 6 rings (SSSR count). The Morgan fingerprint density at radius 2 is 1.26 bits per heavy atom. The van der Waals surface area contributed by atoms with E-state index in [0.717, 1.165) is 90.7 Å². The molecule has 2 atom stereocenters. The molecule has 330 valence electrons. The zero-order chi connectivity index (χ0) is 44.6. The predicted molar refractivity (Wildman–Crippen MR) is 256 cm³/mol. The predicted octanol–water partition coefficient (Wildman–Crippen LogP) is 12.4. The summed E-state index contributed by atoms with van der Waals surface area (Å²) < 4.78 is 70.0. The molecule has 3 N–H and O–H groups in total. The molecule has 0 bridgehead atoms. The summed E-state index contributed by atoms with van der Waals surface area (Å²) in [5.74, 6) is 0.810. The van der Waals surface area contributed by atoms with Crippen LogP contribution in [0.5, 0.6) is 0 Å². The summed E-state index contributed by atoms with van der Waals surface area (Å²) in [5, 5.41) is 4.88. The first-order valence-corrected chi connectivity index (χ1v) is 25.2. The van der Waals surface area contributed by atoms with Crippen LogP contribution in [0.15, 0.2) is 110 Å². The lowest BCUT2D eigenvalue weighted by atomic mass is 9.93. The van der Waals surface area contributed by atoms with E-state index in [2.05, 4.69) is 81.4 Å². The van der Waals surface area contributed by atoms with E-state index in [4.69, 9.17) is 9.41 Å². The van der Waals surface area contributed by atoms with E-state index in [0.29, 0.717) is 38.8 Å². The van der Waals surface area contributed by atoms with Gasteiger partial charge in [0, 0.05) is 58.7 Å². The lowest BCUT2D eigenvalue weighted by molar-refractivity contribution is 0.443. The molecule has 62 heavy (non-hydrogen) atoms. The molecule has 0 amide bonds. The van der Waals surface area contributed by atoms with Gasteiger partial charge < -0.3 is 9.73 Å². The Bertz CT molecular complexity index is 2780. The van der Waals surface area contributed by atoms with Gasteiger partial charge in [-0.1, -0.05) is 108 Å². The molecule has 2 aliphatic rings. The zero-order valence-electron chi connectivity index (χ0n) is 37.7. The number of hydrogen-bond donors (Lipinski definition) is 3. The molecule has 2 unspecified atom stereocenters. The highest BCUT2D eigenvalue weighted by Gasteiger charge is 2.28. The van der Waals surface area contributed by atoms with Crippen LogP contribution in [0.25, 0.3) is 33.4 Å². The van der Waals surface area contributed by atoms with E-state index in [-0.39, 0.29) is 34.7 Å². The van der Waals surface area contributed by atoms with Crippen molar-refractivity contribution in [1.29, 1.82) is 0 Å². The van der Waals surface area contributed by atoms with Crippen molar-refractivity contribution in [2.45, 2.75) is 117 Å². The summed E-state index contributed by atoms with van der Waals surface area (Å²) in [5.41, 5.74) is 9.18. The monoisotopic (exact) mass is 876 g/mol. The highest BCUT2D eigenvalue weighted by molar-refractivity contribution is 7.90. The van der Waals surface area contributed by atoms with Crippen molar-refractivity contribution >= 4 is 48.1 Å². The number of nitrogens with one attached hydrogen (secondary N) is 3. The number of nitrogens with zero attached hydrogens (tertiary/aromatic N) is 1. The number of benzene rings is 5. The lowest BCUT2D eigenvalue weighted by Gasteiger charge is -2.21. The molecule has 1 aliphatic carbocycles. The minimum atomic E-state index is -4.26. The summed E-state index contributed by atoms with van der Waals surface area (Å²) in [7, 11) is -8.33. The second-order valence-electron chi connectivity index (χ2n) is 16.9. The van der Waals surface area contributed by atoms with Crippen LogP contribution in [0.1, 0.15) is 101 Å². The molecular weight excluding hydrogens is 813 g/mol. The van der Waals surface area contributed by atoms with Gasteiger partial charge in [-0.2, -0.15) is 0 Å². The number of anilines is 2. The molecule has 4 aromatic carbocycles. The fraction of sp³-hybridized carbons (Fsp3) is 0.392. The maximum absolute atomic E-state index is 14.8. The van der Waals surface area contributed by atoms with Crippen LogP contribution in [-0.4, -0.2) is 29.9 Å². The maximum Gasteiger partial charge on any atom is 0.241 e. The first-order chi connectivity index (χ1) is 29.7. The summed E-state index contributed by atoms with van der Waals surface area (Å²) in [6, 6.07) is 28.3. The van der Waals surface area contributed by atoms with E-state index in [9.17, 15) is 16.8 Å². The highest BCUT2D eigenvalue weighted by Crippen LogP contribution is 2.44. The highest BCUT2D eigenvalue weighted by atomic mass is 32.2. The molecule has 0 radical (unpaired) electrons. The second kappa shape index (κ2) is 20.6. The van der Waals surface area contributed by atoms with Gasteiger partial charge in [-0.25, -0.2) is 31.3 Å². The largest absolute Gasteiger partial charge is 0.456 e. The Kier molecular flexibility index (Phi) is 15.5. The molecule has 11 heteroatoms. The van der Waals surface area contributed by atoms with Crippen LogP contribution in [0.3, 0.4) is 0 Å². The number of rotatable bonds is 20. The smallest absolute Gasteiger partial charge is 0.241 e. The third-order valence-corrected chi connectivity index (χ3v) is 14.9. The van der Waals surface area contributed by atoms with Crippen LogP contribution in [0.4, 0.5) is 17.1 Å². The van der Waals surface area contributed by atoms with Crippen LogP contribution < -0.4 is 20.1 Å². The van der Waals surface area contributed by atoms with E-state index in [1.165, 1.54) is 12.1 Å². The summed E-state index contributed by atoms with van der Waals surface area (Å²) in [4.78, 5) is 4.76. The van der Waals surface area contributed by atoms with E-state index in [1.807, 2.05) is 61.5 Å². The normalized spacial score (nSPS) is 13.5. The zero-order valence-corrected chi connectivity index (χ0v) is 39.3. The maximum atomic E-state index is 14.8. The van der Waals surface area contributed by atoms with Gasteiger partial charge in [-0.05, 0) is 112 Å². The van der Waals surface area contributed by atoms with Crippen molar-refractivity contribution in [3.05, 3.63) is 119 Å². The van der Waals surface area contributed by atoms with Crippen molar-refractivity contribution in [1.82, 2.24) is 9.44 Å². The van der Waals surface area contributed by atoms with Gasteiger partial charge >= 0.3 is 0 Å². The molecule has 0 aromatic heterocycles. The quantitative estimate of drug-likeness (QED) is 0.0655. The summed E-state index contributed by atoms with van der Waals surface area (Å²) in [6.45, 7) is 17.1. The topological polar surface area (TPSA) is 130 Å². The van der Waals surface area contributed by atoms with Crippen molar-refractivity contribution in [2.24, 2.45) is 16.8 Å². The summed E-state index contributed by atoms with van der Waals surface area (Å²) in [6.07, 6.45) is 7.49. The molecule has 1 aliphatic heterocycles. The van der Waals surface area contributed by atoms with Crippen LogP contribution in [0.2, 0.25) is 0 Å². The minimum absolute atomic E-state index is 0.103. The van der Waals surface area contributed by atoms with Gasteiger partial charge in [-0.3, -0.25) is 0 Å². The van der Waals surface area contributed by atoms with Gasteiger partial charge in [0.25, 0.3) is 0 Å². The van der Waals surface area contributed by atoms with Crippen molar-refractivity contribution in [3.63, 3.8) is 0 Å². The average molecular weight is 877 g/mol. The molecule has 0 fully saturated rings. The van der Waals surface area contributed by atoms with Gasteiger partial charge in [0.15, 0.2) is 0 Å². The van der Waals surface area contributed by atoms with Crippen LogP contribution in [0, 0.1) is 39.5 Å². The molecule has 0 saturated heterocycles. The van der Waals surface area contributed by atoms with Crippen molar-refractivity contribution in [2.75, 3.05) is 18.4 Å². The van der Waals surface area contributed by atoms with Gasteiger partial charge in [0.1, 0.15) is 11.3 Å². The molecule has 4 aromatic rings. The first kappa shape index (κ1) is 46.7. The Balaban J connectivity index is 1.57. The SMILES string of the molecule is CCCCC(CC)CNS(=O)(=O)c1ccc(-c2c3ccc(=Nc4ccc(C)cc4C)cc-3oc3cc(Nc4ccc(C)cc4C)ccc23)c(S(=O)(=O)NCC(CC)CCCC)c1. The third-order valence-electron chi connectivity index (χ3n) is 12.0. The van der Waals surface area contributed by atoms with Crippen molar-refractivity contribution < 1.29 is 21.3 Å². The first-order valence-electron chi connectivity index (χ1n) is 22.3. The molecule has 9 nitrogen and oxygen atoms in total. The molecular formula is C51H64N4O5S2. The Labute approximate surface area is 369 Å². The van der Waals surface area contributed by atoms with E-state index >= 15 is 0 Å². The van der Waals surface area contributed by atoms with E-state index < -0.39 is 20.0 Å². The lowest BCUT2D eigenvalue weighted by Crippen LogP contribution is -2.31. The van der Waals surface area contributed by atoms with Crippen LogP contribution in [-0.2, 0) is 20.0 Å². The Morgan fingerprint density at radius 1 is 0.629 bits per heavy atom. The standard InChI is InChI=1S/C51H64N4O5S2/c1-9-13-15-38(11-3)32-52-61(56,57)42-21-24-45(50(31-42)62(58,59)53-33-39(12-4)16-14-10-2)51-43-22-19-40(54-46-25-17-34(5)27-36(46)7)29-48(43)60-49-30-41(20-23-44(49)51)55-47-26-18-35(6)28-37(47)8/h17-31,38-39,52-54H,9-16,32-33H2,1-8H3. The number of sulfonamides is 2. The fourth-order valence-corrected chi connectivity index (χ4v) is 10.7. The minimum Gasteiger partial charge on any atom is -0.456 e. The van der Waals surface area contributed by atoms with Gasteiger partial charge in [0.05, 0.1) is 20.8 Å². The third kappa shape index (κ3) is 11.2. The van der Waals surface area contributed by atoms with Crippen molar-refractivity contribution in [3.8, 4) is 22.5 Å². The fourth-order valence-electron chi connectivity index (χ4n) is 8.10.